The number of aryl methyl sites for hydroxylation is 1. The van der Waals surface area contributed by atoms with E-state index in [1.54, 1.807) is 0 Å². The molecule has 3 nitrogen and oxygen atoms in total. The Bertz CT molecular complexity index is 1040. The van der Waals surface area contributed by atoms with Gasteiger partial charge < -0.3 is 10.2 Å². The zero-order valence-corrected chi connectivity index (χ0v) is 16.4. The van der Waals surface area contributed by atoms with Crippen LogP contribution < -0.4 is 10.2 Å². The minimum atomic E-state index is -0.228. The molecule has 0 spiro atoms. The number of hydrogen-bond donors (Lipinski definition) is 1. The summed E-state index contributed by atoms with van der Waals surface area (Å²) in [5.74, 6) is 0.0454. The van der Waals surface area contributed by atoms with Gasteiger partial charge in [0.25, 0.3) is 5.91 Å². The maximum Gasteiger partial charge on any atom is 0.252 e. The summed E-state index contributed by atoms with van der Waals surface area (Å²) in [4.78, 5) is 15.7. The van der Waals surface area contributed by atoms with Gasteiger partial charge in [-0.1, -0.05) is 48.5 Å². The standard InChI is InChI=1S/C25H26N2O/c1-18-11-12-20(27-15-4-5-16-27)17-22(18)24(28)26-25(13-14-25)23-10-6-8-19-7-2-3-9-21(19)23/h2-3,6-12,17H,4-5,13-16H2,1H3,(H,26,28). The van der Waals surface area contributed by atoms with Crippen molar-refractivity contribution >= 4 is 22.4 Å². The average Bonchev–Trinajstić information content (AvgIpc) is 3.28. The summed E-state index contributed by atoms with van der Waals surface area (Å²) in [6.45, 7) is 4.20. The van der Waals surface area contributed by atoms with Crippen LogP contribution in [0.1, 0.15) is 47.2 Å². The monoisotopic (exact) mass is 370 g/mol. The van der Waals surface area contributed by atoms with Crippen molar-refractivity contribution in [2.75, 3.05) is 18.0 Å². The average molecular weight is 370 g/mol. The minimum Gasteiger partial charge on any atom is -0.372 e. The highest BCUT2D eigenvalue weighted by Crippen LogP contribution is 2.48. The topological polar surface area (TPSA) is 32.3 Å². The van der Waals surface area contributed by atoms with Crippen LogP contribution in [-0.2, 0) is 5.54 Å². The van der Waals surface area contributed by atoms with Gasteiger partial charge in [-0.25, -0.2) is 0 Å². The van der Waals surface area contributed by atoms with Gasteiger partial charge in [0.15, 0.2) is 0 Å². The van der Waals surface area contributed by atoms with E-state index in [2.05, 4.69) is 70.9 Å². The second-order valence-electron chi connectivity index (χ2n) is 8.26. The van der Waals surface area contributed by atoms with E-state index in [0.717, 1.165) is 37.1 Å². The van der Waals surface area contributed by atoms with Crippen LogP contribution in [0.25, 0.3) is 10.8 Å². The smallest absolute Gasteiger partial charge is 0.252 e. The molecule has 1 saturated heterocycles. The number of nitrogens with zero attached hydrogens (tertiary/aromatic N) is 1. The Morgan fingerprint density at radius 1 is 0.964 bits per heavy atom. The van der Waals surface area contributed by atoms with Crippen LogP contribution in [0.5, 0.6) is 0 Å². The fourth-order valence-electron chi connectivity index (χ4n) is 4.54. The zero-order valence-electron chi connectivity index (χ0n) is 16.4. The molecule has 28 heavy (non-hydrogen) atoms. The lowest BCUT2D eigenvalue weighted by molar-refractivity contribution is 0.0930. The van der Waals surface area contributed by atoms with E-state index in [1.807, 2.05) is 6.92 Å². The highest BCUT2D eigenvalue weighted by atomic mass is 16.1. The first-order valence-corrected chi connectivity index (χ1v) is 10.3. The van der Waals surface area contributed by atoms with E-state index < -0.39 is 0 Å². The van der Waals surface area contributed by atoms with Crippen molar-refractivity contribution in [3.05, 3.63) is 77.4 Å². The molecule has 1 N–H and O–H groups in total. The molecule has 1 amide bonds. The molecule has 5 rings (SSSR count). The van der Waals surface area contributed by atoms with E-state index in [4.69, 9.17) is 0 Å². The summed E-state index contributed by atoms with van der Waals surface area (Å²) in [7, 11) is 0. The van der Waals surface area contributed by atoms with E-state index in [9.17, 15) is 4.79 Å². The molecule has 3 aromatic carbocycles. The third-order valence-electron chi connectivity index (χ3n) is 6.35. The Kier molecular flexibility index (Phi) is 4.12. The van der Waals surface area contributed by atoms with Crippen LogP contribution in [0, 0.1) is 6.92 Å². The van der Waals surface area contributed by atoms with Crippen molar-refractivity contribution in [2.45, 2.75) is 38.1 Å². The van der Waals surface area contributed by atoms with Gasteiger partial charge in [0.05, 0.1) is 5.54 Å². The molecule has 142 valence electrons. The quantitative estimate of drug-likeness (QED) is 0.687. The van der Waals surface area contributed by atoms with Gasteiger partial charge in [-0.15, -0.1) is 0 Å². The van der Waals surface area contributed by atoms with Crippen molar-refractivity contribution in [1.29, 1.82) is 0 Å². The number of carbonyl (C=O) groups excluding carboxylic acids is 1. The van der Waals surface area contributed by atoms with Gasteiger partial charge in [-0.3, -0.25) is 4.79 Å². The van der Waals surface area contributed by atoms with E-state index in [-0.39, 0.29) is 11.4 Å². The molecule has 1 heterocycles. The van der Waals surface area contributed by atoms with Crippen molar-refractivity contribution in [1.82, 2.24) is 5.32 Å². The van der Waals surface area contributed by atoms with Gasteiger partial charge in [0, 0.05) is 24.3 Å². The number of hydrogen-bond acceptors (Lipinski definition) is 2. The number of carbonyl (C=O) groups is 1. The largest absolute Gasteiger partial charge is 0.372 e. The Hall–Kier alpha value is -2.81. The predicted octanol–water partition coefficient (Wildman–Crippen LogP) is 5.17. The predicted molar refractivity (Wildman–Crippen MR) is 115 cm³/mol. The van der Waals surface area contributed by atoms with Gasteiger partial charge in [0.1, 0.15) is 0 Å². The highest BCUT2D eigenvalue weighted by Gasteiger charge is 2.46. The van der Waals surface area contributed by atoms with Gasteiger partial charge in [-0.2, -0.15) is 0 Å². The van der Waals surface area contributed by atoms with Crippen LogP contribution in [0.3, 0.4) is 0 Å². The Morgan fingerprint density at radius 3 is 2.50 bits per heavy atom. The van der Waals surface area contributed by atoms with Crippen LogP contribution in [0.15, 0.2) is 60.7 Å². The van der Waals surface area contributed by atoms with E-state index in [1.165, 1.54) is 34.9 Å². The van der Waals surface area contributed by atoms with E-state index in [0.29, 0.717) is 0 Å². The Morgan fingerprint density at radius 2 is 1.71 bits per heavy atom. The van der Waals surface area contributed by atoms with Crippen molar-refractivity contribution < 1.29 is 4.79 Å². The van der Waals surface area contributed by atoms with Crippen LogP contribution >= 0.6 is 0 Å². The molecule has 0 atom stereocenters. The summed E-state index contributed by atoms with van der Waals surface area (Å²) >= 11 is 0. The van der Waals surface area contributed by atoms with E-state index >= 15 is 0 Å². The Labute approximate surface area is 166 Å². The number of fused-ring (bicyclic) bond motifs is 1. The molecular formula is C25H26N2O. The fraction of sp³-hybridized carbons (Fsp3) is 0.320. The maximum atomic E-state index is 13.3. The number of anilines is 1. The fourth-order valence-corrected chi connectivity index (χ4v) is 4.54. The normalized spacial score (nSPS) is 17.7. The lowest BCUT2D eigenvalue weighted by Gasteiger charge is -2.22. The molecule has 1 saturated carbocycles. The molecule has 3 heteroatoms. The summed E-state index contributed by atoms with van der Waals surface area (Å²) in [6.07, 6.45) is 4.47. The molecule has 0 aromatic heterocycles. The first-order valence-electron chi connectivity index (χ1n) is 10.3. The number of benzene rings is 3. The number of amides is 1. The van der Waals surface area contributed by atoms with Crippen LogP contribution in [0.2, 0.25) is 0 Å². The van der Waals surface area contributed by atoms with Gasteiger partial charge in [-0.05, 0) is 66.6 Å². The second-order valence-corrected chi connectivity index (χ2v) is 8.26. The molecule has 3 aromatic rings. The lowest BCUT2D eigenvalue weighted by atomic mass is 9.96. The van der Waals surface area contributed by atoms with Crippen molar-refractivity contribution in [2.24, 2.45) is 0 Å². The summed E-state index contributed by atoms with van der Waals surface area (Å²) in [5, 5.41) is 5.86. The highest BCUT2D eigenvalue weighted by molar-refractivity contribution is 5.98. The van der Waals surface area contributed by atoms with Crippen molar-refractivity contribution in [3.63, 3.8) is 0 Å². The maximum absolute atomic E-state index is 13.3. The lowest BCUT2D eigenvalue weighted by Crippen LogP contribution is -2.35. The van der Waals surface area contributed by atoms with Crippen LogP contribution in [-0.4, -0.2) is 19.0 Å². The molecule has 0 bridgehead atoms. The SMILES string of the molecule is Cc1ccc(N2CCCC2)cc1C(=O)NC1(c2cccc3ccccc23)CC1. The summed E-state index contributed by atoms with van der Waals surface area (Å²) in [5.41, 5.74) is 4.02. The number of rotatable bonds is 4. The van der Waals surface area contributed by atoms with Crippen molar-refractivity contribution in [3.8, 4) is 0 Å². The van der Waals surface area contributed by atoms with Gasteiger partial charge in [0.2, 0.25) is 0 Å². The first-order chi connectivity index (χ1) is 13.7. The third kappa shape index (κ3) is 2.95. The third-order valence-corrected chi connectivity index (χ3v) is 6.35. The summed E-state index contributed by atoms with van der Waals surface area (Å²) in [6, 6.07) is 21.2. The molecular weight excluding hydrogens is 344 g/mol. The van der Waals surface area contributed by atoms with Gasteiger partial charge >= 0.3 is 0 Å². The molecule has 0 unspecified atom stereocenters. The number of nitrogens with one attached hydrogen (secondary N) is 1. The Balaban J connectivity index is 1.46. The first kappa shape index (κ1) is 17.3. The molecule has 0 radical (unpaired) electrons. The summed E-state index contributed by atoms with van der Waals surface area (Å²) < 4.78 is 0. The molecule has 1 aliphatic carbocycles. The van der Waals surface area contributed by atoms with Crippen LogP contribution in [0.4, 0.5) is 5.69 Å². The zero-order chi connectivity index (χ0) is 19.1. The second kappa shape index (κ2) is 6.66. The minimum absolute atomic E-state index is 0.0454. The molecule has 2 fully saturated rings. The molecule has 1 aliphatic heterocycles. The molecule has 2 aliphatic rings.